The van der Waals surface area contributed by atoms with Gasteiger partial charge in [0.05, 0.1) is 76.0 Å². The van der Waals surface area contributed by atoms with Gasteiger partial charge in [-0.05, 0) is 0 Å². The summed E-state index contributed by atoms with van der Waals surface area (Å²) in [6.07, 6.45) is -35.2. The van der Waals surface area contributed by atoms with E-state index in [1.165, 1.54) is 28.0 Å². The number of hydrogen-bond acceptors (Lipinski definition) is 32. The molecule has 0 amide bonds. The minimum Gasteiger partial charge on any atom is -0.394 e. The molecule has 5 fully saturated rings. The predicted molar refractivity (Wildman–Crippen MR) is 238 cm³/mol. The van der Waals surface area contributed by atoms with E-state index in [0.717, 1.165) is 4.68 Å². The standard InChI is InChI=1S/C42H67N9O26/c52-12-20-24(56)28(60)33(65)39(74-20)69-4-1-15-7-49(46-43-15)10-18-23(55)27(59)36(68)42(73-18)77-37-19(11-50-8-16(44-47-50)2-5-70-40-34(66)29(61)25(57)21(13-53)75-40)72-38(32(64)31(37)63)51-9-17(45-48-51)3-6-71-41-35(67)30(62)26(58)22(14-54)76-41/h7-9,18-42,52-68H,1-6,10-14H2/t18-,19-,20-,21-,22-,23-,24-,25-,26-,27+,28+,29+,30+,31-,32-,33+,34+,35+,36-,37-,38-,39+,40+,41+,42-/m1/s1. The maximum Gasteiger partial charge on any atom is 0.187 e. The zero-order valence-electron chi connectivity index (χ0n) is 40.7. The minimum atomic E-state index is -1.96. The molecule has 25 atom stereocenters. The number of nitrogens with zero attached hydrogens (tertiary/aromatic N) is 9. The summed E-state index contributed by atoms with van der Waals surface area (Å²) in [5.41, 5.74) is 0.857. The SMILES string of the molecule is OC[C@H]1O[C@H](OCCc2cn(C[C@H]3O[C@H](O[C@H]4[C@H](O)[C@@H](O)[C@H](n5cc(CCO[C@H]6O[C@H](CO)[C@@H](O)[C@H](O)[C@@H]6O)nn5)O[C@@H]4Cn4cc(CCO[C@H]5O[C@H](CO)[C@@H](O)[C@H](O)[C@@H]5O)nn4)[C@H](O)[C@@H](O)[C@@H]3O)nn2)[C@@H](O)[C@@H](O)[C@@H]1O. The van der Waals surface area contributed by atoms with Crippen LogP contribution < -0.4 is 0 Å². The van der Waals surface area contributed by atoms with Crippen molar-refractivity contribution in [3.8, 4) is 0 Å². The zero-order valence-corrected chi connectivity index (χ0v) is 40.7. The Balaban J connectivity index is 0.932. The molecule has 0 aromatic carbocycles. The first-order valence-corrected chi connectivity index (χ1v) is 24.6. The van der Waals surface area contributed by atoms with Crippen LogP contribution in [-0.4, -0.2) is 319 Å². The van der Waals surface area contributed by atoms with Gasteiger partial charge < -0.3 is 129 Å². The Morgan fingerprint density at radius 1 is 0.377 bits per heavy atom. The molecule has 77 heavy (non-hydrogen) atoms. The average Bonchev–Trinajstić information content (AvgIpc) is 4.22. The van der Waals surface area contributed by atoms with E-state index in [1.807, 2.05) is 0 Å². The van der Waals surface area contributed by atoms with Crippen LogP contribution in [0.5, 0.6) is 0 Å². The van der Waals surface area contributed by atoms with Gasteiger partial charge in [0.1, 0.15) is 122 Å². The van der Waals surface area contributed by atoms with Gasteiger partial charge in [-0.1, -0.05) is 15.6 Å². The largest absolute Gasteiger partial charge is 0.394 e. The second-order valence-electron chi connectivity index (χ2n) is 19.2. The topological polar surface area (TPSA) is 519 Å². The monoisotopic (exact) mass is 1110 g/mol. The second-order valence-corrected chi connectivity index (χ2v) is 19.2. The Bertz CT molecular complexity index is 2270. The summed E-state index contributed by atoms with van der Waals surface area (Å²) in [6.45, 7) is -3.08. The van der Waals surface area contributed by atoms with Crippen molar-refractivity contribution in [1.82, 2.24) is 45.0 Å². The molecular formula is C42H67N9O26. The molecule has 5 saturated heterocycles. The molecule has 0 spiro atoms. The Morgan fingerprint density at radius 2 is 0.740 bits per heavy atom. The van der Waals surface area contributed by atoms with Gasteiger partial charge in [-0.15, -0.1) is 15.3 Å². The number of ether oxygens (including phenoxy) is 9. The molecule has 8 heterocycles. The van der Waals surface area contributed by atoms with E-state index in [1.54, 1.807) is 0 Å². The maximum atomic E-state index is 11.8. The number of aromatic nitrogens is 9. The van der Waals surface area contributed by atoms with Crippen LogP contribution in [0.15, 0.2) is 18.6 Å². The zero-order chi connectivity index (χ0) is 55.4. The van der Waals surface area contributed by atoms with Crippen LogP contribution in [0.3, 0.4) is 0 Å². The third kappa shape index (κ3) is 13.4. The van der Waals surface area contributed by atoms with Crippen molar-refractivity contribution < 1.29 is 129 Å². The fourth-order valence-electron chi connectivity index (χ4n) is 9.25. The second kappa shape index (κ2) is 26.3. The first-order chi connectivity index (χ1) is 36.8. The molecule has 8 rings (SSSR count). The summed E-state index contributed by atoms with van der Waals surface area (Å²) in [7, 11) is 0. The summed E-state index contributed by atoms with van der Waals surface area (Å²) in [6, 6.07) is 0. The summed E-state index contributed by atoms with van der Waals surface area (Å²) in [4.78, 5) is 0. The summed E-state index contributed by atoms with van der Waals surface area (Å²) in [5, 5.41) is 201. The molecule has 17 N–H and O–H groups in total. The Hall–Kier alpha value is -3.62. The summed E-state index contributed by atoms with van der Waals surface area (Å²) < 4.78 is 54.8. The predicted octanol–water partition coefficient (Wildman–Crippen LogP) is -12.2. The van der Waals surface area contributed by atoms with Crippen molar-refractivity contribution >= 4 is 0 Å². The lowest BCUT2D eigenvalue weighted by Gasteiger charge is -2.46. The Kier molecular flexibility index (Phi) is 20.3. The van der Waals surface area contributed by atoms with E-state index in [4.69, 9.17) is 42.6 Å². The highest BCUT2D eigenvalue weighted by Crippen LogP contribution is 2.34. The maximum absolute atomic E-state index is 11.8. The third-order valence-corrected chi connectivity index (χ3v) is 13.8. The van der Waals surface area contributed by atoms with Crippen molar-refractivity contribution in [3.63, 3.8) is 0 Å². The van der Waals surface area contributed by atoms with Crippen LogP contribution in [0.1, 0.15) is 23.3 Å². The van der Waals surface area contributed by atoms with Gasteiger partial charge in [0.15, 0.2) is 31.4 Å². The molecule has 3 aromatic rings. The first kappa shape index (κ1) is 59.5. The van der Waals surface area contributed by atoms with E-state index in [9.17, 15) is 86.8 Å². The van der Waals surface area contributed by atoms with Gasteiger partial charge in [0.2, 0.25) is 0 Å². The van der Waals surface area contributed by atoms with Gasteiger partial charge in [-0.2, -0.15) is 0 Å². The van der Waals surface area contributed by atoms with Crippen LogP contribution in [0.2, 0.25) is 0 Å². The summed E-state index contributed by atoms with van der Waals surface area (Å²) >= 11 is 0. The van der Waals surface area contributed by atoms with E-state index in [2.05, 4.69) is 30.9 Å². The molecule has 35 heteroatoms. The summed E-state index contributed by atoms with van der Waals surface area (Å²) in [5.74, 6) is 0. The van der Waals surface area contributed by atoms with Crippen LogP contribution in [0.4, 0.5) is 0 Å². The Morgan fingerprint density at radius 3 is 1.17 bits per heavy atom. The fraction of sp³-hybridized carbons (Fsp3) is 0.857. The molecular weight excluding hydrogens is 1050 g/mol. The molecule has 0 bridgehead atoms. The van der Waals surface area contributed by atoms with Crippen molar-refractivity contribution in [2.45, 2.75) is 186 Å². The third-order valence-electron chi connectivity index (χ3n) is 13.8. The van der Waals surface area contributed by atoms with E-state index in [-0.39, 0.29) is 57.9 Å². The van der Waals surface area contributed by atoms with Gasteiger partial charge in [-0.3, -0.25) is 0 Å². The van der Waals surface area contributed by atoms with E-state index >= 15 is 0 Å². The number of rotatable bonds is 22. The van der Waals surface area contributed by atoms with Crippen LogP contribution in [-0.2, 0) is 75.0 Å². The van der Waals surface area contributed by atoms with Crippen molar-refractivity contribution in [3.05, 3.63) is 35.7 Å². The molecule has 0 radical (unpaired) electrons. The van der Waals surface area contributed by atoms with E-state index < -0.39 is 173 Å². The molecule has 0 saturated carbocycles. The highest BCUT2D eigenvalue weighted by atomic mass is 16.7. The normalized spacial score (nSPS) is 42.0. The minimum absolute atomic E-state index is 0.000493. The molecule has 35 nitrogen and oxygen atoms in total. The fourth-order valence-corrected chi connectivity index (χ4v) is 9.25. The number of hydrogen-bond donors (Lipinski definition) is 17. The van der Waals surface area contributed by atoms with Crippen LogP contribution in [0.25, 0.3) is 0 Å². The quantitative estimate of drug-likeness (QED) is 0.0444. The molecule has 5 aliphatic heterocycles. The lowest BCUT2D eigenvalue weighted by atomic mass is 9.96. The molecule has 0 aliphatic carbocycles. The first-order valence-electron chi connectivity index (χ1n) is 24.6. The van der Waals surface area contributed by atoms with Gasteiger partial charge in [0.25, 0.3) is 0 Å². The number of aliphatic hydroxyl groups excluding tert-OH is 17. The van der Waals surface area contributed by atoms with Crippen LogP contribution >= 0.6 is 0 Å². The highest BCUT2D eigenvalue weighted by molar-refractivity contribution is 5.01. The van der Waals surface area contributed by atoms with Gasteiger partial charge >= 0.3 is 0 Å². The lowest BCUT2D eigenvalue weighted by molar-refractivity contribution is -0.345. The van der Waals surface area contributed by atoms with Gasteiger partial charge in [0, 0.05) is 31.7 Å². The van der Waals surface area contributed by atoms with E-state index in [0.29, 0.717) is 11.4 Å². The lowest BCUT2D eigenvalue weighted by Crippen LogP contribution is -2.63. The molecule has 3 aromatic heterocycles. The Labute approximate surface area is 435 Å². The molecule has 436 valence electrons. The smallest absolute Gasteiger partial charge is 0.187 e. The molecule has 5 aliphatic rings. The highest BCUT2D eigenvalue weighted by Gasteiger charge is 2.52. The number of aliphatic hydroxyl groups is 17. The van der Waals surface area contributed by atoms with Crippen LogP contribution in [0, 0.1) is 0 Å². The average molecular weight is 1110 g/mol. The van der Waals surface area contributed by atoms with Gasteiger partial charge in [-0.25, -0.2) is 14.0 Å². The van der Waals surface area contributed by atoms with Crippen molar-refractivity contribution in [1.29, 1.82) is 0 Å². The van der Waals surface area contributed by atoms with Crippen molar-refractivity contribution in [2.75, 3.05) is 39.6 Å². The van der Waals surface area contributed by atoms with Crippen molar-refractivity contribution in [2.24, 2.45) is 0 Å². The molecule has 0 unspecified atom stereocenters.